The van der Waals surface area contributed by atoms with Gasteiger partial charge in [-0.2, -0.15) is 13.2 Å². The fraction of sp³-hybridized carbons (Fsp3) is 0.263. The van der Waals surface area contributed by atoms with Gasteiger partial charge in [0.25, 0.3) is 0 Å². The third kappa shape index (κ3) is 7.57. The fourth-order valence-electron chi connectivity index (χ4n) is 2.38. The lowest BCUT2D eigenvalue weighted by atomic mass is 10.2. The van der Waals surface area contributed by atoms with Crippen molar-refractivity contribution >= 4 is 33.4 Å². The Labute approximate surface area is 176 Å². The molecule has 0 bridgehead atoms. The SMILES string of the molecule is COC(=O)CCCNS(=O)(=O)c1ccc(NC(=O)Nc2ccc(C(F)(F)F)cc2)cc1. The first-order valence-electron chi connectivity index (χ1n) is 8.93. The number of anilines is 2. The number of ether oxygens (including phenoxy) is 1. The Morgan fingerprint density at radius 3 is 1.94 bits per heavy atom. The average molecular weight is 459 g/mol. The first kappa shape index (κ1) is 24.2. The van der Waals surface area contributed by atoms with Gasteiger partial charge in [-0.25, -0.2) is 17.9 Å². The van der Waals surface area contributed by atoms with Crippen LogP contribution in [-0.2, 0) is 25.7 Å². The molecule has 0 saturated carbocycles. The molecule has 2 amide bonds. The monoisotopic (exact) mass is 459 g/mol. The Morgan fingerprint density at radius 1 is 0.935 bits per heavy atom. The third-order valence-electron chi connectivity index (χ3n) is 3.97. The van der Waals surface area contributed by atoms with Crippen molar-refractivity contribution in [1.82, 2.24) is 4.72 Å². The molecule has 0 aliphatic rings. The molecule has 2 aromatic carbocycles. The number of alkyl halides is 3. The number of halogens is 3. The van der Waals surface area contributed by atoms with Crippen LogP contribution in [0.15, 0.2) is 53.4 Å². The number of hydrogen-bond donors (Lipinski definition) is 3. The minimum Gasteiger partial charge on any atom is -0.469 e. The van der Waals surface area contributed by atoms with Gasteiger partial charge < -0.3 is 15.4 Å². The highest BCUT2D eigenvalue weighted by molar-refractivity contribution is 7.89. The Hall–Kier alpha value is -3.12. The molecule has 0 radical (unpaired) electrons. The molecule has 0 atom stereocenters. The summed E-state index contributed by atoms with van der Waals surface area (Å²) in [4.78, 5) is 23.0. The van der Waals surface area contributed by atoms with Gasteiger partial charge in [-0.05, 0) is 55.0 Å². The van der Waals surface area contributed by atoms with Crippen LogP contribution in [0.5, 0.6) is 0 Å². The van der Waals surface area contributed by atoms with Gasteiger partial charge >= 0.3 is 18.2 Å². The lowest BCUT2D eigenvalue weighted by Crippen LogP contribution is -2.25. The van der Waals surface area contributed by atoms with E-state index in [2.05, 4.69) is 20.1 Å². The Bertz CT molecular complexity index is 1010. The second-order valence-electron chi connectivity index (χ2n) is 6.26. The number of hydrogen-bond acceptors (Lipinski definition) is 5. The molecule has 12 heteroatoms. The van der Waals surface area contributed by atoms with Gasteiger partial charge in [0, 0.05) is 24.3 Å². The number of urea groups is 1. The van der Waals surface area contributed by atoms with Gasteiger partial charge in [0.1, 0.15) is 0 Å². The number of methoxy groups -OCH3 is 1. The van der Waals surface area contributed by atoms with Crippen LogP contribution in [0, 0.1) is 0 Å². The Morgan fingerprint density at radius 2 is 1.45 bits per heavy atom. The van der Waals surface area contributed by atoms with Gasteiger partial charge in [0.2, 0.25) is 10.0 Å². The summed E-state index contributed by atoms with van der Waals surface area (Å²) in [5, 5.41) is 4.82. The zero-order valence-corrected chi connectivity index (χ0v) is 17.1. The highest BCUT2D eigenvalue weighted by Crippen LogP contribution is 2.29. The molecule has 3 N–H and O–H groups in total. The first-order chi connectivity index (χ1) is 14.5. The second-order valence-corrected chi connectivity index (χ2v) is 8.02. The number of nitrogens with one attached hydrogen (secondary N) is 3. The van der Waals surface area contributed by atoms with Crippen LogP contribution in [0.3, 0.4) is 0 Å². The smallest absolute Gasteiger partial charge is 0.416 e. The van der Waals surface area contributed by atoms with Crippen molar-refractivity contribution in [3.05, 3.63) is 54.1 Å². The lowest BCUT2D eigenvalue weighted by Gasteiger charge is -2.11. The first-order valence-corrected chi connectivity index (χ1v) is 10.4. The maximum Gasteiger partial charge on any atom is 0.416 e. The van der Waals surface area contributed by atoms with E-state index in [4.69, 9.17) is 0 Å². The number of sulfonamides is 1. The highest BCUT2D eigenvalue weighted by Gasteiger charge is 2.30. The normalized spacial score (nSPS) is 11.6. The van der Waals surface area contributed by atoms with Gasteiger partial charge in [-0.1, -0.05) is 0 Å². The molecular formula is C19H20F3N3O5S. The summed E-state index contributed by atoms with van der Waals surface area (Å²) in [5.74, 6) is -0.441. The molecule has 2 rings (SSSR count). The molecule has 8 nitrogen and oxygen atoms in total. The van der Waals surface area contributed by atoms with Crippen LogP contribution in [0.1, 0.15) is 18.4 Å². The summed E-state index contributed by atoms with van der Waals surface area (Å²) < 4.78 is 68.9. The van der Waals surface area contributed by atoms with E-state index in [0.717, 1.165) is 24.3 Å². The van der Waals surface area contributed by atoms with E-state index in [9.17, 15) is 31.2 Å². The quantitative estimate of drug-likeness (QED) is 0.413. The van der Waals surface area contributed by atoms with E-state index in [-0.39, 0.29) is 35.7 Å². The van der Waals surface area contributed by atoms with E-state index in [1.165, 1.54) is 31.4 Å². The number of carbonyl (C=O) groups is 2. The van der Waals surface area contributed by atoms with Crippen LogP contribution in [0.25, 0.3) is 0 Å². The van der Waals surface area contributed by atoms with Crippen LogP contribution < -0.4 is 15.4 Å². The molecule has 0 fully saturated rings. The van der Waals surface area contributed by atoms with Gasteiger partial charge in [-0.15, -0.1) is 0 Å². The van der Waals surface area contributed by atoms with Crippen molar-refractivity contribution in [3.63, 3.8) is 0 Å². The molecule has 168 valence electrons. The molecule has 0 aliphatic carbocycles. The number of benzene rings is 2. The average Bonchev–Trinajstić information content (AvgIpc) is 2.71. The summed E-state index contributed by atoms with van der Waals surface area (Å²) in [6.45, 7) is 0.0486. The van der Waals surface area contributed by atoms with E-state index in [0.29, 0.717) is 0 Å². The maximum absolute atomic E-state index is 12.6. The summed E-state index contributed by atoms with van der Waals surface area (Å²) in [6, 6.07) is 8.46. The standard InChI is InChI=1S/C19H20F3N3O5S/c1-30-17(26)3-2-12-23-31(28,29)16-10-8-15(9-11-16)25-18(27)24-14-6-4-13(5-7-14)19(20,21)22/h4-11,23H,2-3,12H2,1H3,(H2,24,25,27). The second kappa shape index (κ2) is 10.3. The largest absolute Gasteiger partial charge is 0.469 e. The minimum absolute atomic E-state index is 0.0423. The summed E-state index contributed by atoms with van der Waals surface area (Å²) in [5.41, 5.74) is -0.413. The molecule has 0 spiro atoms. The van der Waals surface area contributed by atoms with Crippen molar-refractivity contribution in [1.29, 1.82) is 0 Å². The predicted molar refractivity (Wildman–Crippen MR) is 107 cm³/mol. The molecule has 0 heterocycles. The van der Waals surface area contributed by atoms with Crippen LogP contribution >= 0.6 is 0 Å². The zero-order chi connectivity index (χ0) is 23.1. The van der Waals surface area contributed by atoms with E-state index >= 15 is 0 Å². The Kier molecular flexibility index (Phi) is 8.00. The predicted octanol–water partition coefficient (Wildman–Crippen LogP) is 3.58. The fourth-order valence-corrected chi connectivity index (χ4v) is 3.45. The van der Waals surface area contributed by atoms with Crippen molar-refractivity contribution in [2.75, 3.05) is 24.3 Å². The van der Waals surface area contributed by atoms with Crippen molar-refractivity contribution < 1.29 is 35.9 Å². The van der Waals surface area contributed by atoms with Crippen LogP contribution in [0.4, 0.5) is 29.3 Å². The number of carbonyl (C=O) groups excluding carboxylic acids is 2. The van der Waals surface area contributed by atoms with Gasteiger partial charge in [0.15, 0.2) is 0 Å². The lowest BCUT2D eigenvalue weighted by molar-refractivity contribution is -0.140. The topological polar surface area (TPSA) is 114 Å². The maximum atomic E-state index is 12.6. The number of rotatable bonds is 8. The molecule has 0 aromatic heterocycles. The van der Waals surface area contributed by atoms with Crippen molar-refractivity contribution in [2.24, 2.45) is 0 Å². The number of esters is 1. The number of amides is 2. The summed E-state index contributed by atoms with van der Waals surface area (Å²) in [6.07, 6.45) is -4.12. The Balaban J connectivity index is 1.89. The molecular weight excluding hydrogens is 439 g/mol. The van der Waals surface area contributed by atoms with Crippen LogP contribution in [0.2, 0.25) is 0 Å². The van der Waals surface area contributed by atoms with E-state index < -0.39 is 33.8 Å². The highest BCUT2D eigenvalue weighted by atomic mass is 32.2. The molecule has 2 aromatic rings. The molecule has 31 heavy (non-hydrogen) atoms. The van der Waals surface area contributed by atoms with E-state index in [1.54, 1.807) is 0 Å². The van der Waals surface area contributed by atoms with Crippen LogP contribution in [-0.4, -0.2) is 34.1 Å². The van der Waals surface area contributed by atoms with Crippen molar-refractivity contribution in [2.45, 2.75) is 23.9 Å². The van der Waals surface area contributed by atoms with Gasteiger partial charge in [0.05, 0.1) is 17.6 Å². The molecule has 0 aliphatic heterocycles. The third-order valence-corrected chi connectivity index (χ3v) is 5.45. The zero-order valence-electron chi connectivity index (χ0n) is 16.3. The summed E-state index contributed by atoms with van der Waals surface area (Å²) in [7, 11) is -2.56. The van der Waals surface area contributed by atoms with Gasteiger partial charge in [-0.3, -0.25) is 4.79 Å². The van der Waals surface area contributed by atoms with E-state index in [1.807, 2.05) is 0 Å². The molecule has 0 saturated heterocycles. The van der Waals surface area contributed by atoms with Crippen molar-refractivity contribution in [3.8, 4) is 0 Å². The minimum atomic E-state index is -4.47. The summed E-state index contributed by atoms with van der Waals surface area (Å²) >= 11 is 0. The molecule has 0 unspecified atom stereocenters.